The van der Waals surface area contributed by atoms with Crippen molar-refractivity contribution in [1.29, 1.82) is 0 Å². The predicted octanol–water partition coefficient (Wildman–Crippen LogP) is -0.0474. The van der Waals surface area contributed by atoms with E-state index < -0.39 is 48.4 Å². The quantitative estimate of drug-likeness (QED) is 0.514. The van der Waals surface area contributed by atoms with Crippen molar-refractivity contribution in [3.05, 3.63) is 0 Å². The van der Waals surface area contributed by atoms with Gasteiger partial charge in [-0.15, -0.1) is 0 Å². The van der Waals surface area contributed by atoms with Crippen LogP contribution >= 0.6 is 0 Å². The SMILES string of the molecule is CC(=O)OC1C(=O)OC2C[C@@H](OC(C)=O)[C@H](C)OC21. The van der Waals surface area contributed by atoms with Gasteiger partial charge in [0, 0.05) is 20.3 Å². The van der Waals surface area contributed by atoms with Gasteiger partial charge >= 0.3 is 17.9 Å². The largest absolute Gasteiger partial charge is 0.460 e. The molecule has 106 valence electrons. The van der Waals surface area contributed by atoms with Crippen molar-refractivity contribution in [2.24, 2.45) is 0 Å². The van der Waals surface area contributed by atoms with Gasteiger partial charge in [-0.05, 0) is 6.92 Å². The molecule has 2 rings (SSSR count). The molecule has 0 aliphatic carbocycles. The third kappa shape index (κ3) is 2.86. The summed E-state index contributed by atoms with van der Waals surface area (Å²) in [6, 6.07) is 0. The average Bonchev–Trinajstić information content (AvgIpc) is 2.55. The minimum Gasteiger partial charge on any atom is -0.460 e. The van der Waals surface area contributed by atoms with E-state index in [4.69, 9.17) is 18.9 Å². The highest BCUT2D eigenvalue weighted by Gasteiger charge is 2.53. The summed E-state index contributed by atoms with van der Waals surface area (Å²) in [5, 5.41) is 0. The maximum absolute atomic E-state index is 11.6. The van der Waals surface area contributed by atoms with Crippen molar-refractivity contribution < 1.29 is 33.3 Å². The van der Waals surface area contributed by atoms with Crippen LogP contribution in [0.1, 0.15) is 27.2 Å². The van der Waals surface area contributed by atoms with Crippen molar-refractivity contribution >= 4 is 17.9 Å². The summed E-state index contributed by atoms with van der Waals surface area (Å²) in [5.74, 6) is -1.61. The first-order chi connectivity index (χ1) is 8.88. The van der Waals surface area contributed by atoms with Gasteiger partial charge in [0.15, 0.2) is 0 Å². The highest BCUT2D eigenvalue weighted by Crippen LogP contribution is 2.33. The minimum absolute atomic E-state index is 0.342. The number of fused-ring (bicyclic) bond motifs is 1. The zero-order valence-corrected chi connectivity index (χ0v) is 11.0. The van der Waals surface area contributed by atoms with Gasteiger partial charge in [0.25, 0.3) is 0 Å². The maximum atomic E-state index is 11.6. The number of rotatable bonds is 2. The van der Waals surface area contributed by atoms with E-state index in [-0.39, 0.29) is 0 Å². The topological polar surface area (TPSA) is 88.1 Å². The summed E-state index contributed by atoms with van der Waals surface area (Å²) < 4.78 is 20.7. The normalized spacial score (nSPS) is 37.2. The highest BCUT2D eigenvalue weighted by molar-refractivity contribution is 5.81. The zero-order valence-electron chi connectivity index (χ0n) is 11.0. The fraction of sp³-hybridized carbons (Fsp3) is 0.750. The first kappa shape index (κ1) is 13.8. The molecule has 0 spiro atoms. The van der Waals surface area contributed by atoms with E-state index in [0.717, 1.165) is 0 Å². The molecule has 2 fully saturated rings. The molecule has 0 radical (unpaired) electrons. The average molecular weight is 272 g/mol. The van der Waals surface area contributed by atoms with Gasteiger partial charge in [-0.1, -0.05) is 0 Å². The van der Waals surface area contributed by atoms with Crippen LogP contribution in [0.2, 0.25) is 0 Å². The van der Waals surface area contributed by atoms with E-state index in [1.807, 2.05) is 0 Å². The van der Waals surface area contributed by atoms with Gasteiger partial charge in [0.2, 0.25) is 6.10 Å². The summed E-state index contributed by atoms with van der Waals surface area (Å²) in [7, 11) is 0. The summed E-state index contributed by atoms with van der Waals surface area (Å²) in [4.78, 5) is 33.5. The van der Waals surface area contributed by atoms with E-state index in [0.29, 0.717) is 6.42 Å². The molecule has 7 heteroatoms. The lowest BCUT2D eigenvalue weighted by molar-refractivity contribution is -0.188. The second-order valence-electron chi connectivity index (χ2n) is 4.69. The Morgan fingerprint density at radius 1 is 1.21 bits per heavy atom. The van der Waals surface area contributed by atoms with Crippen molar-refractivity contribution in [2.75, 3.05) is 0 Å². The second kappa shape index (κ2) is 5.16. The van der Waals surface area contributed by atoms with Crippen LogP contribution in [0.25, 0.3) is 0 Å². The Morgan fingerprint density at radius 2 is 1.84 bits per heavy atom. The van der Waals surface area contributed by atoms with E-state index in [1.54, 1.807) is 6.92 Å². The molecule has 0 bridgehead atoms. The molecule has 0 aromatic rings. The van der Waals surface area contributed by atoms with Crippen LogP contribution in [0.15, 0.2) is 0 Å². The minimum atomic E-state index is -1.04. The molecule has 19 heavy (non-hydrogen) atoms. The van der Waals surface area contributed by atoms with Crippen molar-refractivity contribution in [3.8, 4) is 0 Å². The molecule has 2 aliphatic rings. The van der Waals surface area contributed by atoms with Gasteiger partial charge < -0.3 is 18.9 Å². The van der Waals surface area contributed by atoms with Crippen LogP contribution in [0.4, 0.5) is 0 Å². The van der Waals surface area contributed by atoms with Crippen LogP contribution in [-0.2, 0) is 33.3 Å². The van der Waals surface area contributed by atoms with Gasteiger partial charge in [0.05, 0.1) is 6.10 Å². The molecular formula is C12H16O7. The zero-order chi connectivity index (χ0) is 14.2. The monoisotopic (exact) mass is 272 g/mol. The molecule has 7 nitrogen and oxygen atoms in total. The summed E-state index contributed by atoms with van der Waals surface area (Å²) >= 11 is 0. The van der Waals surface area contributed by atoms with Crippen molar-refractivity contribution in [3.63, 3.8) is 0 Å². The maximum Gasteiger partial charge on any atom is 0.350 e. The Bertz CT molecular complexity index is 405. The first-order valence-corrected chi connectivity index (χ1v) is 6.09. The van der Waals surface area contributed by atoms with Crippen LogP contribution in [-0.4, -0.2) is 48.4 Å². The second-order valence-corrected chi connectivity index (χ2v) is 4.69. The smallest absolute Gasteiger partial charge is 0.350 e. The molecule has 2 saturated heterocycles. The fourth-order valence-corrected chi connectivity index (χ4v) is 2.36. The molecule has 2 heterocycles. The molecule has 0 N–H and O–H groups in total. The Kier molecular flexibility index (Phi) is 3.75. The van der Waals surface area contributed by atoms with Crippen LogP contribution in [0.3, 0.4) is 0 Å². The number of carbonyl (C=O) groups excluding carboxylic acids is 3. The van der Waals surface area contributed by atoms with E-state index in [2.05, 4.69) is 0 Å². The molecule has 0 aromatic carbocycles. The standard InChI is InChI=1S/C12H16O7/c1-5-8(17-6(2)13)4-9-10(16-5)11(12(15)19-9)18-7(3)14/h5,8-11H,4H2,1-3H3/t5-,8+,9?,10?,11?/m0/s1. The lowest BCUT2D eigenvalue weighted by Crippen LogP contribution is -2.49. The molecule has 3 unspecified atom stereocenters. The first-order valence-electron chi connectivity index (χ1n) is 6.09. The fourth-order valence-electron chi connectivity index (χ4n) is 2.36. The molecule has 0 amide bonds. The lowest BCUT2D eigenvalue weighted by Gasteiger charge is -2.35. The molecule has 0 saturated carbocycles. The molecule has 5 atom stereocenters. The highest BCUT2D eigenvalue weighted by atomic mass is 16.7. The number of carbonyl (C=O) groups is 3. The molecule has 2 aliphatic heterocycles. The van der Waals surface area contributed by atoms with Gasteiger partial charge in [-0.3, -0.25) is 9.59 Å². The Hall–Kier alpha value is -1.63. The van der Waals surface area contributed by atoms with Crippen molar-refractivity contribution in [1.82, 2.24) is 0 Å². The van der Waals surface area contributed by atoms with E-state index in [1.165, 1.54) is 13.8 Å². The Labute approximate surface area is 110 Å². The van der Waals surface area contributed by atoms with Crippen molar-refractivity contribution in [2.45, 2.75) is 57.7 Å². The van der Waals surface area contributed by atoms with E-state index >= 15 is 0 Å². The molecular weight excluding hydrogens is 256 g/mol. The van der Waals surface area contributed by atoms with Gasteiger partial charge in [-0.25, -0.2) is 4.79 Å². The van der Waals surface area contributed by atoms with Crippen LogP contribution in [0.5, 0.6) is 0 Å². The summed E-state index contributed by atoms with van der Waals surface area (Å²) in [6.45, 7) is 4.26. The van der Waals surface area contributed by atoms with Crippen LogP contribution in [0, 0.1) is 0 Å². The number of esters is 3. The predicted molar refractivity (Wildman–Crippen MR) is 59.9 cm³/mol. The Balaban J connectivity index is 2.07. The molecule has 0 aromatic heterocycles. The van der Waals surface area contributed by atoms with Gasteiger partial charge in [0.1, 0.15) is 18.3 Å². The summed E-state index contributed by atoms with van der Waals surface area (Å²) in [5.41, 5.74) is 0. The summed E-state index contributed by atoms with van der Waals surface area (Å²) in [6.07, 6.45) is -2.76. The lowest BCUT2D eigenvalue weighted by atomic mass is 9.97. The van der Waals surface area contributed by atoms with Crippen LogP contribution < -0.4 is 0 Å². The third-order valence-electron chi connectivity index (χ3n) is 3.13. The van der Waals surface area contributed by atoms with E-state index in [9.17, 15) is 14.4 Å². The van der Waals surface area contributed by atoms with Gasteiger partial charge in [-0.2, -0.15) is 0 Å². The number of ether oxygens (including phenoxy) is 4. The number of hydrogen-bond donors (Lipinski definition) is 0. The Morgan fingerprint density at radius 3 is 2.42 bits per heavy atom. The number of hydrogen-bond acceptors (Lipinski definition) is 7. The third-order valence-corrected chi connectivity index (χ3v) is 3.13.